The number of benzene rings is 1. The Bertz CT molecular complexity index is 518. The molecule has 1 unspecified atom stereocenters. The second-order valence-electron chi connectivity index (χ2n) is 6.03. The smallest absolute Gasteiger partial charge is 0.311 e. The Kier molecular flexibility index (Phi) is 4.63. The first-order valence-corrected chi connectivity index (χ1v) is 7.24. The number of carbonyl (C=O) groups excluding carboxylic acids is 1. The summed E-state index contributed by atoms with van der Waals surface area (Å²) in [6, 6.07) is 8.99. The fourth-order valence-corrected chi connectivity index (χ4v) is 2.79. The van der Waals surface area contributed by atoms with E-state index in [1.807, 2.05) is 30.3 Å². The molecule has 114 valence electrons. The average molecular weight is 290 g/mol. The van der Waals surface area contributed by atoms with Crippen molar-refractivity contribution >= 4 is 11.9 Å². The van der Waals surface area contributed by atoms with Crippen LogP contribution in [0.3, 0.4) is 0 Å². The van der Waals surface area contributed by atoms with E-state index in [9.17, 15) is 14.7 Å². The molecule has 5 heteroatoms. The molecule has 0 aliphatic carbocycles. The molecule has 5 nitrogen and oxygen atoms in total. The zero-order valence-corrected chi connectivity index (χ0v) is 12.3. The zero-order chi connectivity index (χ0) is 15.5. The van der Waals surface area contributed by atoms with Gasteiger partial charge in [-0.1, -0.05) is 30.3 Å². The first kappa shape index (κ1) is 15.5. The summed E-state index contributed by atoms with van der Waals surface area (Å²) in [5.74, 6) is -1.01. The highest BCUT2D eigenvalue weighted by Gasteiger charge is 2.40. The number of rotatable bonds is 4. The topological polar surface area (TPSA) is 83.6 Å². The summed E-state index contributed by atoms with van der Waals surface area (Å²) in [5.41, 5.74) is 6.16. The molecule has 3 N–H and O–H groups in total. The number of hydrogen-bond donors (Lipinski definition) is 2. The Labute approximate surface area is 124 Å². The van der Waals surface area contributed by atoms with Crippen LogP contribution in [0.4, 0.5) is 0 Å². The van der Waals surface area contributed by atoms with Crippen LogP contribution in [-0.2, 0) is 16.0 Å². The number of nitrogens with zero attached hydrogens (tertiary/aromatic N) is 1. The van der Waals surface area contributed by atoms with E-state index in [0.29, 0.717) is 25.8 Å². The van der Waals surface area contributed by atoms with Gasteiger partial charge in [-0.2, -0.15) is 0 Å². The van der Waals surface area contributed by atoms with Gasteiger partial charge in [0.05, 0.1) is 11.5 Å². The molecule has 21 heavy (non-hydrogen) atoms. The number of hydrogen-bond acceptors (Lipinski definition) is 3. The predicted octanol–water partition coefficient (Wildman–Crippen LogP) is 1.27. The van der Waals surface area contributed by atoms with Crippen molar-refractivity contribution in [3.8, 4) is 0 Å². The van der Waals surface area contributed by atoms with E-state index < -0.39 is 17.4 Å². The quantitative estimate of drug-likeness (QED) is 0.874. The number of carbonyl (C=O) groups is 2. The van der Waals surface area contributed by atoms with Crippen molar-refractivity contribution in [1.29, 1.82) is 0 Å². The second kappa shape index (κ2) is 6.26. The van der Waals surface area contributed by atoms with Gasteiger partial charge < -0.3 is 15.7 Å². The highest BCUT2D eigenvalue weighted by atomic mass is 16.4. The monoisotopic (exact) mass is 290 g/mol. The normalized spacial score (nSPS) is 23.6. The van der Waals surface area contributed by atoms with Gasteiger partial charge in [-0.15, -0.1) is 0 Å². The molecule has 2 rings (SSSR count). The summed E-state index contributed by atoms with van der Waals surface area (Å²) in [6.45, 7) is 2.52. The molecule has 1 aromatic rings. The van der Waals surface area contributed by atoms with Crippen LogP contribution in [0.5, 0.6) is 0 Å². The lowest BCUT2D eigenvalue weighted by Crippen LogP contribution is -2.53. The van der Waals surface area contributed by atoms with Crippen LogP contribution < -0.4 is 5.73 Å². The Morgan fingerprint density at radius 3 is 2.67 bits per heavy atom. The number of piperidine rings is 1. The number of nitrogens with two attached hydrogens (primary N) is 1. The summed E-state index contributed by atoms with van der Waals surface area (Å²) in [4.78, 5) is 25.4. The minimum atomic E-state index is -0.861. The summed E-state index contributed by atoms with van der Waals surface area (Å²) in [7, 11) is 0. The zero-order valence-electron chi connectivity index (χ0n) is 12.3. The van der Waals surface area contributed by atoms with Gasteiger partial charge in [-0.05, 0) is 31.7 Å². The van der Waals surface area contributed by atoms with E-state index >= 15 is 0 Å². The third-order valence-corrected chi connectivity index (χ3v) is 4.14. The maximum atomic E-state index is 12.4. The van der Waals surface area contributed by atoms with Crippen LogP contribution in [0.25, 0.3) is 0 Å². The number of carboxylic acid groups (broad SMARTS) is 1. The summed E-state index contributed by atoms with van der Waals surface area (Å²) in [6.07, 6.45) is 1.77. The third kappa shape index (κ3) is 3.61. The Hall–Kier alpha value is -1.88. The van der Waals surface area contributed by atoms with Gasteiger partial charge in [0.25, 0.3) is 0 Å². The molecule has 1 aromatic carbocycles. The molecular formula is C16H22N2O3. The molecule has 0 bridgehead atoms. The number of amides is 1. The lowest BCUT2D eigenvalue weighted by Gasteiger charge is -2.38. The third-order valence-electron chi connectivity index (χ3n) is 4.14. The molecule has 0 radical (unpaired) electrons. The van der Waals surface area contributed by atoms with Crippen LogP contribution in [-0.4, -0.2) is 41.0 Å². The van der Waals surface area contributed by atoms with Gasteiger partial charge >= 0.3 is 5.97 Å². The summed E-state index contributed by atoms with van der Waals surface area (Å²) in [5, 5.41) is 9.30. The molecule has 1 fully saturated rings. The molecule has 0 aromatic heterocycles. The lowest BCUT2D eigenvalue weighted by molar-refractivity contribution is -0.153. The number of carboxylic acids is 1. The van der Waals surface area contributed by atoms with Gasteiger partial charge in [0.2, 0.25) is 5.91 Å². The average Bonchev–Trinajstić information content (AvgIpc) is 2.47. The fourth-order valence-electron chi connectivity index (χ4n) is 2.79. The lowest BCUT2D eigenvalue weighted by atomic mass is 9.82. The Balaban J connectivity index is 2.00. The molecule has 1 amide bonds. The molecular weight excluding hydrogens is 268 g/mol. The van der Waals surface area contributed by atoms with Crippen LogP contribution in [0, 0.1) is 5.41 Å². The van der Waals surface area contributed by atoms with Crippen LogP contribution in [0.15, 0.2) is 30.3 Å². The van der Waals surface area contributed by atoms with Crippen LogP contribution >= 0.6 is 0 Å². The highest BCUT2D eigenvalue weighted by molar-refractivity contribution is 5.83. The van der Waals surface area contributed by atoms with E-state index in [4.69, 9.17) is 5.73 Å². The summed E-state index contributed by atoms with van der Waals surface area (Å²) >= 11 is 0. The number of likely N-dealkylation sites (tertiary alicyclic amines) is 1. The SMILES string of the molecule is CC1(C(=O)O)CCCN(C(=O)[C@H](N)Cc2ccccc2)C1. The van der Waals surface area contributed by atoms with Gasteiger partial charge in [0.1, 0.15) is 0 Å². The van der Waals surface area contributed by atoms with E-state index in [-0.39, 0.29) is 12.5 Å². The summed E-state index contributed by atoms with van der Waals surface area (Å²) < 4.78 is 0. The van der Waals surface area contributed by atoms with Gasteiger partial charge in [-0.25, -0.2) is 0 Å². The van der Waals surface area contributed by atoms with Gasteiger partial charge in [0.15, 0.2) is 0 Å². The van der Waals surface area contributed by atoms with E-state index in [2.05, 4.69) is 0 Å². The van der Waals surface area contributed by atoms with Gasteiger partial charge in [-0.3, -0.25) is 9.59 Å². The van der Waals surface area contributed by atoms with Crippen molar-refractivity contribution in [2.75, 3.05) is 13.1 Å². The number of aliphatic carboxylic acids is 1. The molecule has 1 aliphatic rings. The van der Waals surface area contributed by atoms with Crippen molar-refractivity contribution in [3.05, 3.63) is 35.9 Å². The van der Waals surface area contributed by atoms with Crippen molar-refractivity contribution in [3.63, 3.8) is 0 Å². The molecule has 1 saturated heterocycles. The largest absolute Gasteiger partial charge is 0.481 e. The van der Waals surface area contributed by atoms with Crippen molar-refractivity contribution in [2.45, 2.75) is 32.2 Å². The second-order valence-corrected chi connectivity index (χ2v) is 6.03. The molecule has 2 atom stereocenters. The van der Waals surface area contributed by atoms with Crippen LogP contribution in [0.2, 0.25) is 0 Å². The first-order valence-electron chi connectivity index (χ1n) is 7.24. The minimum Gasteiger partial charge on any atom is -0.481 e. The molecule has 1 aliphatic heterocycles. The maximum absolute atomic E-state index is 12.4. The Morgan fingerprint density at radius 2 is 2.05 bits per heavy atom. The van der Waals surface area contributed by atoms with E-state index in [1.54, 1.807) is 11.8 Å². The predicted molar refractivity (Wildman–Crippen MR) is 79.7 cm³/mol. The standard InChI is InChI=1S/C16H22N2O3/c1-16(15(20)21)8-5-9-18(11-16)14(19)13(17)10-12-6-3-2-4-7-12/h2-4,6-7,13H,5,8-11,17H2,1H3,(H,20,21)/t13-,16?/m1/s1. The van der Waals surface area contributed by atoms with E-state index in [1.165, 1.54) is 0 Å². The fraction of sp³-hybridized carbons (Fsp3) is 0.500. The maximum Gasteiger partial charge on any atom is 0.311 e. The van der Waals surface area contributed by atoms with E-state index in [0.717, 1.165) is 5.56 Å². The van der Waals surface area contributed by atoms with Crippen LogP contribution in [0.1, 0.15) is 25.3 Å². The van der Waals surface area contributed by atoms with Gasteiger partial charge in [0, 0.05) is 13.1 Å². The van der Waals surface area contributed by atoms with Crippen molar-refractivity contribution in [1.82, 2.24) is 4.90 Å². The van der Waals surface area contributed by atoms with Crippen molar-refractivity contribution < 1.29 is 14.7 Å². The highest BCUT2D eigenvalue weighted by Crippen LogP contribution is 2.30. The molecule has 0 saturated carbocycles. The minimum absolute atomic E-state index is 0.161. The molecule has 0 spiro atoms. The first-order chi connectivity index (χ1) is 9.92. The molecule has 1 heterocycles. The Morgan fingerprint density at radius 1 is 1.38 bits per heavy atom. The van der Waals surface area contributed by atoms with Crippen molar-refractivity contribution in [2.24, 2.45) is 11.1 Å².